The summed E-state index contributed by atoms with van der Waals surface area (Å²) in [6.07, 6.45) is 1.89. The number of hydrogen-bond donors (Lipinski definition) is 3. The number of nitrogens with zero attached hydrogens (tertiary/aromatic N) is 3. The maximum atomic E-state index is 12.8. The second-order valence-corrected chi connectivity index (χ2v) is 6.89. The molecule has 2 amide bonds. The van der Waals surface area contributed by atoms with E-state index in [9.17, 15) is 9.59 Å². The fourth-order valence-electron chi connectivity index (χ4n) is 3.20. The van der Waals surface area contributed by atoms with Gasteiger partial charge < -0.3 is 16.0 Å². The van der Waals surface area contributed by atoms with Gasteiger partial charge in [0.2, 0.25) is 0 Å². The van der Waals surface area contributed by atoms with E-state index in [2.05, 4.69) is 26.3 Å². The van der Waals surface area contributed by atoms with Gasteiger partial charge in [-0.2, -0.15) is 0 Å². The third kappa shape index (κ3) is 4.81. The Morgan fingerprint density at radius 2 is 2.00 bits per heavy atom. The molecule has 8 nitrogen and oxygen atoms in total. The molecule has 1 aromatic heterocycles. The zero-order chi connectivity index (χ0) is 19.4. The van der Waals surface area contributed by atoms with Crippen molar-refractivity contribution in [1.29, 1.82) is 0 Å². The van der Waals surface area contributed by atoms with Crippen LogP contribution in [0.1, 0.15) is 52.3 Å². The first-order valence-electron chi connectivity index (χ1n) is 9.02. The van der Waals surface area contributed by atoms with Crippen LogP contribution in [0.25, 0.3) is 0 Å². The molecule has 0 saturated carbocycles. The van der Waals surface area contributed by atoms with Gasteiger partial charge in [0.15, 0.2) is 5.69 Å². The van der Waals surface area contributed by atoms with E-state index in [-0.39, 0.29) is 30.0 Å². The summed E-state index contributed by atoms with van der Waals surface area (Å²) in [5.74, 6) is -0.694. The normalized spacial score (nSPS) is 14.2. The van der Waals surface area contributed by atoms with Crippen LogP contribution in [0.4, 0.5) is 5.69 Å². The molecule has 0 unspecified atom stereocenters. The van der Waals surface area contributed by atoms with Crippen LogP contribution in [0.5, 0.6) is 0 Å². The van der Waals surface area contributed by atoms with E-state index in [0.717, 1.165) is 25.9 Å². The molecule has 1 aliphatic rings. The lowest BCUT2D eigenvalue weighted by Crippen LogP contribution is -2.30. The Morgan fingerprint density at radius 1 is 1.29 bits per heavy atom. The van der Waals surface area contributed by atoms with E-state index in [1.165, 1.54) is 0 Å². The molecule has 0 atom stereocenters. The average Bonchev–Trinajstić information content (AvgIpc) is 3.04. The van der Waals surface area contributed by atoms with E-state index >= 15 is 0 Å². The molecule has 1 aromatic carbocycles. The first kappa shape index (κ1) is 22.1. The lowest BCUT2D eigenvalue weighted by Gasteiger charge is -2.23. The van der Waals surface area contributed by atoms with Crippen LogP contribution in [0.2, 0.25) is 5.02 Å². The molecule has 0 radical (unpaired) electrons. The van der Waals surface area contributed by atoms with Gasteiger partial charge in [-0.25, -0.2) is 4.68 Å². The van der Waals surface area contributed by atoms with E-state index in [1.807, 2.05) is 18.5 Å². The zero-order valence-corrected chi connectivity index (χ0v) is 17.4. The number of amides is 2. The zero-order valence-electron chi connectivity index (χ0n) is 15.8. The Kier molecular flexibility index (Phi) is 7.79. The van der Waals surface area contributed by atoms with Crippen LogP contribution in [-0.4, -0.2) is 46.4 Å². The van der Waals surface area contributed by atoms with Crippen LogP contribution in [-0.2, 0) is 0 Å². The van der Waals surface area contributed by atoms with Crippen molar-refractivity contribution in [3.8, 4) is 0 Å². The van der Waals surface area contributed by atoms with Crippen molar-refractivity contribution in [2.24, 2.45) is 0 Å². The highest BCUT2D eigenvalue weighted by molar-refractivity contribution is 6.31. The molecule has 2 heterocycles. The Bertz CT molecular complexity index is 849. The van der Waals surface area contributed by atoms with E-state index in [4.69, 9.17) is 11.6 Å². The first-order chi connectivity index (χ1) is 13.0. The third-order valence-electron chi connectivity index (χ3n) is 4.61. The largest absolute Gasteiger partial charge is 0.352 e. The van der Waals surface area contributed by atoms with Crippen LogP contribution in [0, 0.1) is 6.92 Å². The molecule has 1 saturated heterocycles. The lowest BCUT2D eigenvalue weighted by molar-refractivity contribution is 0.0956. The average molecular weight is 427 g/mol. The van der Waals surface area contributed by atoms with Crippen molar-refractivity contribution in [3.05, 3.63) is 40.2 Å². The highest BCUT2D eigenvalue weighted by Gasteiger charge is 2.24. The highest BCUT2D eigenvalue weighted by atomic mass is 35.5. The van der Waals surface area contributed by atoms with Gasteiger partial charge in [-0.1, -0.05) is 16.8 Å². The summed E-state index contributed by atoms with van der Waals surface area (Å²) in [7, 11) is 0. The molecule has 1 aliphatic heterocycles. The van der Waals surface area contributed by atoms with Gasteiger partial charge in [0.05, 0.1) is 23.0 Å². The van der Waals surface area contributed by atoms with E-state index in [1.54, 1.807) is 18.2 Å². The summed E-state index contributed by atoms with van der Waals surface area (Å²) in [6, 6.07) is 4.98. The molecule has 152 valence electrons. The molecular formula is C18H24Cl2N6O2. The predicted octanol–water partition coefficient (Wildman–Crippen LogP) is 2.59. The number of hydrogen-bond acceptors (Lipinski definition) is 5. The SMILES string of the molecule is CCNC(=O)c1ccc(Cl)cc1NC(=O)c1nnn(C2CCNCC2)c1C.Cl. The van der Waals surface area contributed by atoms with Crippen molar-refractivity contribution in [2.45, 2.75) is 32.7 Å². The Hall–Kier alpha value is -2.16. The minimum absolute atomic E-state index is 0. The summed E-state index contributed by atoms with van der Waals surface area (Å²) >= 11 is 6.04. The van der Waals surface area contributed by atoms with Crippen molar-refractivity contribution in [2.75, 3.05) is 25.0 Å². The molecule has 0 aliphatic carbocycles. The molecule has 1 fully saturated rings. The van der Waals surface area contributed by atoms with Gasteiger partial charge in [0.1, 0.15) is 0 Å². The fraction of sp³-hybridized carbons (Fsp3) is 0.444. The van der Waals surface area contributed by atoms with Crippen molar-refractivity contribution in [3.63, 3.8) is 0 Å². The van der Waals surface area contributed by atoms with Gasteiger partial charge in [0.25, 0.3) is 11.8 Å². The van der Waals surface area contributed by atoms with Crippen molar-refractivity contribution >= 4 is 41.5 Å². The van der Waals surface area contributed by atoms with E-state index < -0.39 is 5.91 Å². The predicted molar refractivity (Wildman–Crippen MR) is 111 cm³/mol. The van der Waals surface area contributed by atoms with E-state index in [0.29, 0.717) is 28.5 Å². The summed E-state index contributed by atoms with van der Waals surface area (Å²) < 4.78 is 1.82. The van der Waals surface area contributed by atoms with Crippen LogP contribution in [0.15, 0.2) is 18.2 Å². The number of carbonyl (C=O) groups is 2. The minimum atomic E-state index is -0.416. The van der Waals surface area contributed by atoms with Crippen molar-refractivity contribution < 1.29 is 9.59 Å². The van der Waals surface area contributed by atoms with Crippen LogP contribution in [0.3, 0.4) is 0 Å². The van der Waals surface area contributed by atoms with Gasteiger partial charge in [-0.3, -0.25) is 9.59 Å². The molecule has 2 aromatic rings. The number of anilines is 1. The Morgan fingerprint density at radius 3 is 2.68 bits per heavy atom. The molecule has 0 bridgehead atoms. The molecule has 10 heteroatoms. The number of piperidine rings is 1. The topological polar surface area (TPSA) is 101 Å². The Labute approximate surface area is 174 Å². The summed E-state index contributed by atoms with van der Waals surface area (Å²) in [4.78, 5) is 25.0. The number of aromatic nitrogens is 3. The molecule has 0 spiro atoms. The molecule has 28 heavy (non-hydrogen) atoms. The Balaban J connectivity index is 0.00000280. The second kappa shape index (κ2) is 9.86. The fourth-order valence-corrected chi connectivity index (χ4v) is 3.38. The number of rotatable bonds is 5. The van der Waals surface area contributed by atoms with Crippen LogP contribution >= 0.6 is 24.0 Å². The summed E-state index contributed by atoms with van der Waals surface area (Å²) in [5, 5.41) is 17.5. The maximum Gasteiger partial charge on any atom is 0.278 e. The van der Waals surface area contributed by atoms with Gasteiger partial charge in [0, 0.05) is 11.6 Å². The van der Waals surface area contributed by atoms with Crippen LogP contribution < -0.4 is 16.0 Å². The standard InChI is InChI=1S/C18H23ClN6O2.ClH/c1-3-21-17(26)14-5-4-12(19)10-15(14)22-18(27)16-11(2)25(24-23-16)13-6-8-20-9-7-13;/h4-5,10,13,20H,3,6-9H2,1-2H3,(H,21,26)(H,22,27);1H. The number of carbonyl (C=O) groups excluding carboxylic acids is 2. The number of benzene rings is 1. The monoisotopic (exact) mass is 426 g/mol. The second-order valence-electron chi connectivity index (χ2n) is 6.45. The summed E-state index contributed by atoms with van der Waals surface area (Å²) in [6.45, 7) is 5.99. The summed E-state index contributed by atoms with van der Waals surface area (Å²) in [5.41, 5.74) is 1.64. The molecule has 3 N–H and O–H groups in total. The van der Waals surface area contributed by atoms with Gasteiger partial charge in [-0.05, 0) is 58.0 Å². The third-order valence-corrected chi connectivity index (χ3v) is 4.84. The maximum absolute atomic E-state index is 12.8. The first-order valence-corrected chi connectivity index (χ1v) is 9.40. The minimum Gasteiger partial charge on any atom is -0.352 e. The smallest absolute Gasteiger partial charge is 0.278 e. The lowest BCUT2D eigenvalue weighted by atomic mass is 10.1. The quantitative estimate of drug-likeness (QED) is 0.681. The molecule has 3 rings (SSSR count). The number of halogens is 2. The molecular weight excluding hydrogens is 403 g/mol. The van der Waals surface area contributed by atoms with Gasteiger partial charge >= 0.3 is 0 Å². The van der Waals surface area contributed by atoms with Gasteiger partial charge in [-0.15, -0.1) is 17.5 Å². The van der Waals surface area contributed by atoms with Crippen molar-refractivity contribution in [1.82, 2.24) is 25.6 Å². The number of nitrogens with one attached hydrogen (secondary N) is 3. The highest BCUT2D eigenvalue weighted by Crippen LogP contribution is 2.24.